The summed E-state index contributed by atoms with van der Waals surface area (Å²) < 4.78 is 2.79. The van der Waals surface area contributed by atoms with E-state index in [1.807, 2.05) is 11.8 Å². The van der Waals surface area contributed by atoms with Crippen molar-refractivity contribution in [2.24, 2.45) is 5.41 Å². The SMILES string of the molecule is CSC(C)(C)CC(C)(C)CN1CCN(I)CC1. The summed E-state index contributed by atoms with van der Waals surface area (Å²) in [4.78, 5) is 2.63. The smallest absolute Gasteiger partial charge is 0.0209 e. The molecule has 0 N–H and O–H groups in total. The minimum Gasteiger partial charge on any atom is -0.300 e. The molecule has 102 valence electrons. The Labute approximate surface area is 125 Å². The van der Waals surface area contributed by atoms with Crippen LogP contribution in [0.4, 0.5) is 0 Å². The number of halogens is 1. The minimum absolute atomic E-state index is 0.397. The van der Waals surface area contributed by atoms with Gasteiger partial charge in [-0.25, -0.2) is 3.11 Å². The van der Waals surface area contributed by atoms with Crippen LogP contribution in [0, 0.1) is 5.41 Å². The van der Waals surface area contributed by atoms with Crippen molar-refractivity contribution in [1.29, 1.82) is 0 Å². The molecule has 0 bridgehead atoms. The Bertz CT molecular complexity index is 236. The van der Waals surface area contributed by atoms with E-state index in [2.05, 4.69) is 64.8 Å². The van der Waals surface area contributed by atoms with E-state index < -0.39 is 0 Å². The molecule has 4 heteroatoms. The maximum Gasteiger partial charge on any atom is 0.0209 e. The highest BCUT2D eigenvalue weighted by atomic mass is 127. The molecule has 0 unspecified atom stereocenters. The van der Waals surface area contributed by atoms with E-state index in [1.165, 1.54) is 39.1 Å². The summed E-state index contributed by atoms with van der Waals surface area (Å²) in [6, 6.07) is 0. The molecule has 0 atom stereocenters. The van der Waals surface area contributed by atoms with E-state index in [9.17, 15) is 0 Å². The number of hydrogen-bond donors (Lipinski definition) is 0. The summed E-state index contributed by atoms with van der Waals surface area (Å²) >= 11 is 4.42. The Hall–Kier alpha value is 1.00. The number of hydrogen-bond acceptors (Lipinski definition) is 3. The van der Waals surface area contributed by atoms with Crippen molar-refractivity contribution in [2.75, 3.05) is 39.0 Å². The molecule has 0 spiro atoms. The molecular formula is C13H27IN2S. The second kappa shape index (κ2) is 6.44. The minimum atomic E-state index is 0.397. The van der Waals surface area contributed by atoms with Crippen molar-refractivity contribution in [1.82, 2.24) is 8.01 Å². The Morgan fingerprint density at radius 3 is 2.06 bits per heavy atom. The largest absolute Gasteiger partial charge is 0.300 e. The summed E-state index contributed by atoms with van der Waals surface area (Å²) in [6.07, 6.45) is 3.51. The highest BCUT2D eigenvalue weighted by Crippen LogP contribution is 2.36. The molecule has 1 heterocycles. The fourth-order valence-electron chi connectivity index (χ4n) is 2.77. The molecule has 0 radical (unpaired) electrons. The first-order chi connectivity index (χ1) is 7.74. The molecule has 1 aliphatic heterocycles. The normalized spacial score (nSPS) is 20.8. The average molecular weight is 370 g/mol. The molecule has 0 aliphatic carbocycles. The first kappa shape index (κ1) is 16.1. The molecule has 1 saturated heterocycles. The fourth-order valence-corrected chi connectivity index (χ4v) is 3.73. The second-order valence-electron chi connectivity index (χ2n) is 6.49. The van der Waals surface area contributed by atoms with E-state index in [0.29, 0.717) is 10.2 Å². The molecule has 1 aliphatic rings. The lowest BCUT2D eigenvalue weighted by Gasteiger charge is -2.40. The zero-order chi connectivity index (χ0) is 13.1. The monoisotopic (exact) mass is 370 g/mol. The molecule has 0 amide bonds. The predicted octanol–water partition coefficient (Wildman–Crippen LogP) is 3.51. The molecule has 17 heavy (non-hydrogen) atoms. The van der Waals surface area contributed by atoms with Crippen LogP contribution in [-0.2, 0) is 0 Å². The number of piperazine rings is 1. The molecule has 1 rings (SSSR count). The molecule has 1 fully saturated rings. The van der Waals surface area contributed by atoms with E-state index in [-0.39, 0.29) is 0 Å². The average Bonchev–Trinajstić information content (AvgIpc) is 2.20. The number of rotatable bonds is 5. The van der Waals surface area contributed by atoms with Crippen LogP contribution in [-0.4, -0.2) is 51.7 Å². The van der Waals surface area contributed by atoms with Gasteiger partial charge in [0.05, 0.1) is 0 Å². The summed E-state index contributed by atoms with van der Waals surface area (Å²) in [5.74, 6) is 0. The van der Waals surface area contributed by atoms with Crippen molar-refractivity contribution >= 4 is 34.6 Å². The van der Waals surface area contributed by atoms with Crippen LogP contribution in [0.5, 0.6) is 0 Å². The van der Waals surface area contributed by atoms with Crippen LogP contribution in [0.3, 0.4) is 0 Å². The molecule has 0 aromatic carbocycles. The van der Waals surface area contributed by atoms with Gasteiger partial charge in [0.25, 0.3) is 0 Å². The molecule has 2 nitrogen and oxygen atoms in total. The third-order valence-corrected chi connectivity index (χ3v) is 5.64. The van der Waals surface area contributed by atoms with Crippen molar-refractivity contribution < 1.29 is 0 Å². The summed E-state index contributed by atoms with van der Waals surface area (Å²) in [6.45, 7) is 15.7. The van der Waals surface area contributed by atoms with Crippen LogP contribution in [0.15, 0.2) is 0 Å². The zero-order valence-corrected chi connectivity index (χ0v) is 14.9. The topological polar surface area (TPSA) is 6.48 Å². The van der Waals surface area contributed by atoms with E-state index in [4.69, 9.17) is 0 Å². The van der Waals surface area contributed by atoms with Crippen molar-refractivity contribution in [2.45, 2.75) is 38.9 Å². The quantitative estimate of drug-likeness (QED) is 0.540. The lowest BCUT2D eigenvalue weighted by atomic mass is 9.83. The number of nitrogens with zero attached hydrogens (tertiary/aromatic N) is 2. The van der Waals surface area contributed by atoms with Crippen LogP contribution in [0.2, 0.25) is 0 Å². The van der Waals surface area contributed by atoms with Crippen molar-refractivity contribution in [3.05, 3.63) is 0 Å². The second-order valence-corrected chi connectivity index (χ2v) is 9.37. The van der Waals surface area contributed by atoms with Gasteiger partial charge in [0.15, 0.2) is 0 Å². The van der Waals surface area contributed by atoms with Gasteiger partial charge in [0.2, 0.25) is 0 Å². The van der Waals surface area contributed by atoms with Crippen LogP contribution in [0.25, 0.3) is 0 Å². The predicted molar refractivity (Wildman–Crippen MR) is 88.0 cm³/mol. The summed E-state index contributed by atoms with van der Waals surface area (Å²) in [7, 11) is 0. The van der Waals surface area contributed by atoms with Gasteiger partial charge in [-0.1, -0.05) is 27.7 Å². The third-order valence-electron chi connectivity index (χ3n) is 3.43. The van der Waals surface area contributed by atoms with Gasteiger partial charge in [-0.2, -0.15) is 11.8 Å². The van der Waals surface area contributed by atoms with Gasteiger partial charge in [0.1, 0.15) is 0 Å². The number of thioether (sulfide) groups is 1. The highest BCUT2D eigenvalue weighted by Gasteiger charge is 2.30. The van der Waals surface area contributed by atoms with Gasteiger partial charge in [-0.15, -0.1) is 0 Å². The zero-order valence-electron chi connectivity index (χ0n) is 11.9. The Balaban J connectivity index is 2.43. The first-order valence-corrected chi connectivity index (χ1v) is 8.61. The Morgan fingerprint density at radius 2 is 1.59 bits per heavy atom. The van der Waals surface area contributed by atoms with E-state index in [0.717, 1.165) is 0 Å². The van der Waals surface area contributed by atoms with Gasteiger partial charge >= 0.3 is 0 Å². The maximum absolute atomic E-state index is 2.63. The molecule has 0 aromatic heterocycles. The highest BCUT2D eigenvalue weighted by molar-refractivity contribution is 14.1. The third kappa shape index (κ3) is 6.12. The summed E-state index contributed by atoms with van der Waals surface area (Å²) in [5.41, 5.74) is 0.417. The first-order valence-electron chi connectivity index (χ1n) is 6.42. The van der Waals surface area contributed by atoms with E-state index >= 15 is 0 Å². The van der Waals surface area contributed by atoms with Crippen LogP contribution >= 0.6 is 34.6 Å². The van der Waals surface area contributed by atoms with Gasteiger partial charge in [-0.3, -0.25) is 0 Å². The Morgan fingerprint density at radius 1 is 1.06 bits per heavy atom. The van der Waals surface area contributed by atoms with Crippen molar-refractivity contribution in [3.63, 3.8) is 0 Å². The summed E-state index contributed by atoms with van der Waals surface area (Å²) in [5, 5.41) is 0. The lowest BCUT2D eigenvalue weighted by molar-refractivity contribution is 0.130. The Kier molecular flexibility index (Phi) is 6.08. The van der Waals surface area contributed by atoms with E-state index in [1.54, 1.807) is 0 Å². The molecular weight excluding hydrogens is 343 g/mol. The molecule has 0 aromatic rings. The van der Waals surface area contributed by atoms with Crippen molar-refractivity contribution in [3.8, 4) is 0 Å². The molecule has 0 saturated carbocycles. The van der Waals surface area contributed by atoms with Crippen LogP contribution < -0.4 is 0 Å². The lowest BCUT2D eigenvalue weighted by Crippen LogP contribution is -2.46. The van der Waals surface area contributed by atoms with Gasteiger partial charge in [-0.05, 0) is 18.1 Å². The van der Waals surface area contributed by atoms with Gasteiger partial charge in [0, 0.05) is 60.3 Å². The standard InChI is InChI=1S/C13H27IN2S/c1-12(2,10-13(3,4)17-5)11-15-6-8-16(14)9-7-15/h6-11H2,1-5H3. The fraction of sp³-hybridized carbons (Fsp3) is 1.00. The van der Waals surface area contributed by atoms with Crippen LogP contribution in [0.1, 0.15) is 34.1 Å². The maximum atomic E-state index is 2.63. The van der Waals surface area contributed by atoms with Gasteiger partial charge < -0.3 is 4.90 Å².